The highest BCUT2D eigenvalue weighted by molar-refractivity contribution is 6.04. The maximum atomic E-state index is 11.3. The molecule has 14 heavy (non-hydrogen) atoms. The average Bonchev–Trinajstić information content (AvgIpc) is 2.11. The standard InChI is InChI=1S/C11H14N2O/c1-3-4-8-5-6-9(12)11(13)10(8)7(2)14/h3-6H,12-13H2,1-2H3/b4-3-. The lowest BCUT2D eigenvalue weighted by atomic mass is 10.0. The van der Waals surface area contributed by atoms with Crippen LogP contribution < -0.4 is 11.5 Å². The largest absolute Gasteiger partial charge is 0.397 e. The average molecular weight is 190 g/mol. The molecule has 3 heteroatoms. The van der Waals surface area contributed by atoms with Crippen LogP contribution in [0.25, 0.3) is 6.08 Å². The Morgan fingerprint density at radius 1 is 1.36 bits per heavy atom. The summed E-state index contributed by atoms with van der Waals surface area (Å²) in [4.78, 5) is 11.3. The van der Waals surface area contributed by atoms with Gasteiger partial charge in [-0.05, 0) is 25.5 Å². The van der Waals surface area contributed by atoms with Crippen molar-refractivity contribution in [1.82, 2.24) is 0 Å². The van der Waals surface area contributed by atoms with Crippen molar-refractivity contribution in [2.24, 2.45) is 0 Å². The topological polar surface area (TPSA) is 69.1 Å². The number of hydrogen-bond donors (Lipinski definition) is 2. The van der Waals surface area contributed by atoms with E-state index < -0.39 is 0 Å². The van der Waals surface area contributed by atoms with Crippen molar-refractivity contribution in [3.63, 3.8) is 0 Å². The highest BCUT2D eigenvalue weighted by Crippen LogP contribution is 2.25. The van der Waals surface area contributed by atoms with Gasteiger partial charge in [-0.15, -0.1) is 0 Å². The SMILES string of the molecule is C/C=C\c1ccc(N)c(N)c1C(C)=O. The summed E-state index contributed by atoms with van der Waals surface area (Å²) >= 11 is 0. The molecular weight excluding hydrogens is 176 g/mol. The number of nitrogen functional groups attached to an aromatic ring is 2. The summed E-state index contributed by atoms with van der Waals surface area (Å²) in [6, 6.07) is 3.50. The van der Waals surface area contributed by atoms with E-state index in [4.69, 9.17) is 11.5 Å². The van der Waals surface area contributed by atoms with E-state index in [-0.39, 0.29) is 5.78 Å². The third-order valence-electron chi connectivity index (χ3n) is 2.01. The first-order valence-corrected chi connectivity index (χ1v) is 4.39. The molecule has 0 aromatic heterocycles. The molecular formula is C11H14N2O. The number of carbonyl (C=O) groups is 1. The van der Waals surface area contributed by atoms with Gasteiger partial charge < -0.3 is 11.5 Å². The van der Waals surface area contributed by atoms with Crippen molar-refractivity contribution in [2.45, 2.75) is 13.8 Å². The van der Waals surface area contributed by atoms with Crippen molar-refractivity contribution in [3.8, 4) is 0 Å². The Balaban J connectivity index is 3.45. The first-order valence-electron chi connectivity index (χ1n) is 4.39. The van der Waals surface area contributed by atoms with E-state index in [1.165, 1.54) is 6.92 Å². The molecule has 0 amide bonds. The Kier molecular flexibility index (Phi) is 2.92. The maximum Gasteiger partial charge on any atom is 0.162 e. The van der Waals surface area contributed by atoms with Crippen LogP contribution in [0.5, 0.6) is 0 Å². The molecule has 3 nitrogen and oxygen atoms in total. The van der Waals surface area contributed by atoms with Crippen LogP contribution in [0.3, 0.4) is 0 Å². The van der Waals surface area contributed by atoms with Gasteiger partial charge in [0.25, 0.3) is 0 Å². The fourth-order valence-electron chi connectivity index (χ4n) is 1.36. The zero-order chi connectivity index (χ0) is 10.7. The predicted molar refractivity (Wildman–Crippen MR) is 60.0 cm³/mol. The number of rotatable bonds is 2. The van der Waals surface area contributed by atoms with Gasteiger partial charge >= 0.3 is 0 Å². The minimum absolute atomic E-state index is 0.0668. The first-order chi connectivity index (χ1) is 6.57. The third kappa shape index (κ3) is 1.76. The Hall–Kier alpha value is -1.77. The summed E-state index contributed by atoms with van der Waals surface area (Å²) in [5.41, 5.74) is 13.5. The fraction of sp³-hybridized carbons (Fsp3) is 0.182. The van der Waals surface area contributed by atoms with Crippen LogP contribution in [-0.2, 0) is 0 Å². The molecule has 0 aliphatic carbocycles. The Labute approximate surface area is 83.4 Å². The predicted octanol–water partition coefficient (Wildman–Crippen LogP) is 2.09. The molecule has 0 spiro atoms. The minimum Gasteiger partial charge on any atom is -0.397 e. The van der Waals surface area contributed by atoms with Crippen molar-refractivity contribution in [2.75, 3.05) is 11.5 Å². The summed E-state index contributed by atoms with van der Waals surface area (Å²) in [6.45, 7) is 3.37. The summed E-state index contributed by atoms with van der Waals surface area (Å²) in [6.07, 6.45) is 3.70. The number of Topliss-reactive ketones (excluding diaryl/α,β-unsaturated/α-hetero) is 1. The van der Waals surface area contributed by atoms with Crippen LogP contribution in [0.4, 0.5) is 11.4 Å². The van der Waals surface area contributed by atoms with E-state index in [1.807, 2.05) is 19.1 Å². The van der Waals surface area contributed by atoms with Crippen molar-refractivity contribution in [3.05, 3.63) is 29.3 Å². The van der Waals surface area contributed by atoms with Gasteiger partial charge in [0.2, 0.25) is 0 Å². The highest BCUT2D eigenvalue weighted by Gasteiger charge is 2.11. The summed E-state index contributed by atoms with van der Waals surface area (Å²) in [7, 11) is 0. The van der Waals surface area contributed by atoms with Gasteiger partial charge in [-0.2, -0.15) is 0 Å². The molecule has 0 unspecified atom stereocenters. The number of ketones is 1. The molecule has 0 aliphatic rings. The van der Waals surface area contributed by atoms with Gasteiger partial charge in [-0.3, -0.25) is 4.79 Å². The number of hydrogen-bond acceptors (Lipinski definition) is 3. The molecule has 74 valence electrons. The van der Waals surface area contributed by atoms with E-state index in [1.54, 1.807) is 12.1 Å². The summed E-state index contributed by atoms with van der Waals surface area (Å²) < 4.78 is 0. The van der Waals surface area contributed by atoms with Crippen LogP contribution >= 0.6 is 0 Å². The van der Waals surface area contributed by atoms with Crippen LogP contribution in [-0.4, -0.2) is 5.78 Å². The molecule has 0 fully saturated rings. The maximum absolute atomic E-state index is 11.3. The van der Waals surface area contributed by atoms with Crippen LogP contribution in [0.2, 0.25) is 0 Å². The lowest BCUT2D eigenvalue weighted by Crippen LogP contribution is -2.05. The van der Waals surface area contributed by atoms with Gasteiger partial charge in [-0.1, -0.05) is 18.2 Å². The third-order valence-corrected chi connectivity index (χ3v) is 2.01. The number of nitrogens with two attached hydrogens (primary N) is 2. The normalized spacial score (nSPS) is 10.7. The number of anilines is 2. The molecule has 0 atom stereocenters. The lowest BCUT2D eigenvalue weighted by molar-refractivity contribution is 0.101. The Morgan fingerprint density at radius 3 is 2.50 bits per heavy atom. The second-order valence-electron chi connectivity index (χ2n) is 3.09. The van der Waals surface area contributed by atoms with Gasteiger partial charge in [0.05, 0.1) is 11.4 Å². The van der Waals surface area contributed by atoms with Crippen molar-refractivity contribution >= 4 is 23.2 Å². The number of allylic oxidation sites excluding steroid dienone is 1. The lowest BCUT2D eigenvalue weighted by Gasteiger charge is -2.08. The van der Waals surface area contributed by atoms with E-state index in [0.717, 1.165) is 5.56 Å². The molecule has 0 bridgehead atoms. The molecule has 0 saturated heterocycles. The van der Waals surface area contributed by atoms with Crippen LogP contribution in [0, 0.1) is 0 Å². The van der Waals surface area contributed by atoms with Gasteiger partial charge in [0.1, 0.15) is 0 Å². The fourth-order valence-corrected chi connectivity index (χ4v) is 1.36. The van der Waals surface area contributed by atoms with Gasteiger partial charge in [-0.25, -0.2) is 0 Å². The van der Waals surface area contributed by atoms with E-state index >= 15 is 0 Å². The quantitative estimate of drug-likeness (QED) is 0.554. The summed E-state index contributed by atoms with van der Waals surface area (Å²) in [5.74, 6) is -0.0668. The number of benzene rings is 1. The molecule has 1 aromatic carbocycles. The molecule has 0 aliphatic heterocycles. The monoisotopic (exact) mass is 190 g/mol. The highest BCUT2D eigenvalue weighted by atomic mass is 16.1. The molecule has 1 rings (SSSR count). The smallest absolute Gasteiger partial charge is 0.162 e. The van der Waals surface area contributed by atoms with Crippen molar-refractivity contribution < 1.29 is 4.79 Å². The Bertz CT molecular complexity index is 395. The van der Waals surface area contributed by atoms with Gasteiger partial charge in [0.15, 0.2) is 5.78 Å². The number of carbonyl (C=O) groups excluding carboxylic acids is 1. The van der Waals surface area contributed by atoms with Crippen LogP contribution in [0.1, 0.15) is 29.8 Å². The van der Waals surface area contributed by atoms with Crippen LogP contribution in [0.15, 0.2) is 18.2 Å². The zero-order valence-electron chi connectivity index (χ0n) is 8.37. The second-order valence-corrected chi connectivity index (χ2v) is 3.09. The molecule has 0 saturated carbocycles. The van der Waals surface area contributed by atoms with Gasteiger partial charge in [0, 0.05) is 5.56 Å². The molecule has 1 aromatic rings. The Morgan fingerprint density at radius 2 is 2.00 bits per heavy atom. The molecule has 4 N–H and O–H groups in total. The molecule has 0 heterocycles. The van der Waals surface area contributed by atoms with E-state index in [2.05, 4.69) is 0 Å². The van der Waals surface area contributed by atoms with Crippen molar-refractivity contribution in [1.29, 1.82) is 0 Å². The first kappa shape index (κ1) is 10.3. The van der Waals surface area contributed by atoms with E-state index in [9.17, 15) is 4.79 Å². The minimum atomic E-state index is -0.0668. The second kappa shape index (κ2) is 3.96. The van der Waals surface area contributed by atoms with E-state index in [0.29, 0.717) is 16.9 Å². The summed E-state index contributed by atoms with van der Waals surface area (Å²) in [5, 5.41) is 0. The molecule has 0 radical (unpaired) electrons. The zero-order valence-corrected chi connectivity index (χ0v) is 8.37.